The van der Waals surface area contributed by atoms with Gasteiger partial charge in [-0.1, -0.05) is 13.3 Å². The minimum Gasteiger partial charge on any atom is -0.489 e. The normalized spacial score (nSPS) is 28.1. The molecule has 3 rings (SSSR count). The number of halogens is 1. The number of anilines is 1. The number of fused-ring (bicyclic) bond motifs is 1. The molecule has 3 atom stereocenters. The van der Waals surface area contributed by atoms with Gasteiger partial charge in [0.1, 0.15) is 17.9 Å². The Morgan fingerprint density at radius 3 is 2.81 bits per heavy atom. The van der Waals surface area contributed by atoms with Gasteiger partial charge in [-0.2, -0.15) is 0 Å². The van der Waals surface area contributed by atoms with Crippen LogP contribution in [0.15, 0.2) is 16.6 Å². The van der Waals surface area contributed by atoms with Crippen molar-refractivity contribution in [2.24, 2.45) is 5.92 Å². The molecule has 2 N–H and O–H groups in total. The monoisotopic (exact) mass is 352 g/mol. The summed E-state index contributed by atoms with van der Waals surface area (Å²) in [5.41, 5.74) is 1.82. The highest BCUT2D eigenvalue weighted by Gasteiger charge is 2.31. The maximum Gasteiger partial charge on any atom is 0.246 e. The van der Waals surface area contributed by atoms with Crippen LogP contribution in [0.1, 0.15) is 44.2 Å². The first-order chi connectivity index (χ1) is 10.1. The van der Waals surface area contributed by atoms with Gasteiger partial charge in [-0.25, -0.2) is 0 Å². The summed E-state index contributed by atoms with van der Waals surface area (Å²) in [6.07, 6.45) is 5.13. The number of hydrogen-bond donors (Lipinski definition) is 2. The second-order valence-electron chi connectivity index (χ2n) is 6.00. The molecule has 1 saturated carbocycles. The average Bonchev–Trinajstić information content (AvgIpc) is 2.76. The lowest BCUT2D eigenvalue weighted by atomic mass is 9.88. The fourth-order valence-corrected chi connectivity index (χ4v) is 3.71. The number of benzene rings is 1. The van der Waals surface area contributed by atoms with Crippen LogP contribution in [0, 0.1) is 5.92 Å². The average molecular weight is 353 g/mol. The van der Waals surface area contributed by atoms with Gasteiger partial charge < -0.3 is 15.4 Å². The molecule has 0 saturated heterocycles. The van der Waals surface area contributed by atoms with Crippen molar-refractivity contribution in [1.82, 2.24) is 5.32 Å². The van der Waals surface area contributed by atoms with Crippen molar-refractivity contribution < 1.29 is 9.53 Å². The summed E-state index contributed by atoms with van der Waals surface area (Å²) in [5.74, 6) is 1.39. The summed E-state index contributed by atoms with van der Waals surface area (Å²) in [4.78, 5) is 11.9. The molecule has 3 unspecified atom stereocenters. The summed E-state index contributed by atoms with van der Waals surface area (Å²) in [6.45, 7) is 2.25. The van der Waals surface area contributed by atoms with Crippen LogP contribution in [0.5, 0.6) is 5.75 Å². The van der Waals surface area contributed by atoms with E-state index in [-0.39, 0.29) is 18.1 Å². The first-order valence-corrected chi connectivity index (χ1v) is 8.37. The Hall–Kier alpha value is -1.07. The molecule has 2 aliphatic rings. The molecule has 4 nitrogen and oxygen atoms in total. The number of hydrogen-bond acceptors (Lipinski definition) is 3. The molecule has 114 valence electrons. The van der Waals surface area contributed by atoms with E-state index in [1.807, 2.05) is 12.1 Å². The Labute approximate surface area is 133 Å². The first-order valence-electron chi connectivity index (χ1n) is 7.58. The highest BCUT2D eigenvalue weighted by Crippen LogP contribution is 2.40. The highest BCUT2D eigenvalue weighted by molar-refractivity contribution is 9.10. The first kappa shape index (κ1) is 14.9. The molecule has 1 heterocycles. The summed E-state index contributed by atoms with van der Waals surface area (Å²) in [6, 6.07) is 3.65. The minimum absolute atomic E-state index is 0.0115. The standard InChI is InChI=1S/C16H21BrN2O2/c1-9-5-3-4-6-13(9)21-14-8-12-10(7-11(14)17)15(18-2)16(20)19-12/h7-9,13,15,18H,3-6H2,1-2H3,(H,19,20). The van der Waals surface area contributed by atoms with Gasteiger partial charge >= 0.3 is 0 Å². The molecule has 21 heavy (non-hydrogen) atoms. The van der Waals surface area contributed by atoms with Gasteiger partial charge in [0, 0.05) is 17.3 Å². The highest BCUT2D eigenvalue weighted by atomic mass is 79.9. The number of carbonyl (C=O) groups is 1. The second kappa shape index (κ2) is 5.97. The number of rotatable bonds is 3. The quantitative estimate of drug-likeness (QED) is 0.873. The number of ether oxygens (including phenoxy) is 1. The van der Waals surface area contributed by atoms with Crippen LogP contribution in [0.2, 0.25) is 0 Å². The van der Waals surface area contributed by atoms with Gasteiger partial charge in [-0.3, -0.25) is 4.79 Å². The minimum atomic E-state index is -0.279. The number of carbonyl (C=O) groups excluding carboxylic acids is 1. The van der Waals surface area contributed by atoms with E-state index in [0.717, 1.165) is 27.9 Å². The fourth-order valence-electron chi connectivity index (χ4n) is 3.26. The largest absolute Gasteiger partial charge is 0.489 e. The van der Waals surface area contributed by atoms with Crippen molar-refractivity contribution in [3.63, 3.8) is 0 Å². The third-order valence-corrected chi connectivity index (χ3v) is 5.15. The number of amides is 1. The van der Waals surface area contributed by atoms with E-state index in [2.05, 4.69) is 33.5 Å². The van der Waals surface area contributed by atoms with E-state index in [9.17, 15) is 4.79 Å². The molecule has 0 bridgehead atoms. The molecule has 1 aliphatic heterocycles. The van der Waals surface area contributed by atoms with Gasteiger partial charge in [-0.15, -0.1) is 0 Å². The molecule has 0 aromatic heterocycles. The van der Waals surface area contributed by atoms with Crippen LogP contribution in [0.4, 0.5) is 5.69 Å². The molecule has 1 aliphatic carbocycles. The Balaban J connectivity index is 1.85. The van der Waals surface area contributed by atoms with Crippen molar-refractivity contribution in [2.45, 2.75) is 44.8 Å². The third kappa shape index (κ3) is 2.81. The molecule has 1 fully saturated rings. The molecule has 0 radical (unpaired) electrons. The van der Waals surface area contributed by atoms with Gasteiger partial charge in [-0.05, 0) is 54.2 Å². The Morgan fingerprint density at radius 1 is 1.33 bits per heavy atom. The Morgan fingerprint density at radius 2 is 2.10 bits per heavy atom. The molecular weight excluding hydrogens is 332 g/mol. The fraction of sp³-hybridized carbons (Fsp3) is 0.562. The predicted octanol–water partition coefficient (Wildman–Crippen LogP) is 3.62. The predicted molar refractivity (Wildman–Crippen MR) is 86.6 cm³/mol. The third-order valence-electron chi connectivity index (χ3n) is 4.53. The van der Waals surface area contributed by atoms with Crippen molar-refractivity contribution >= 4 is 27.5 Å². The summed E-state index contributed by atoms with van der Waals surface area (Å²) in [5, 5.41) is 5.94. The van der Waals surface area contributed by atoms with Gasteiger partial charge in [0.05, 0.1) is 4.47 Å². The van der Waals surface area contributed by atoms with Gasteiger partial charge in [0.15, 0.2) is 0 Å². The van der Waals surface area contributed by atoms with Crippen LogP contribution in [0.3, 0.4) is 0 Å². The maximum absolute atomic E-state index is 11.9. The van der Waals surface area contributed by atoms with Crippen LogP contribution >= 0.6 is 15.9 Å². The topological polar surface area (TPSA) is 50.4 Å². The Kier molecular flexibility index (Phi) is 4.22. The van der Waals surface area contributed by atoms with Crippen molar-refractivity contribution in [3.05, 3.63) is 22.2 Å². The maximum atomic E-state index is 11.9. The van der Waals surface area contributed by atoms with E-state index in [1.54, 1.807) is 7.05 Å². The second-order valence-corrected chi connectivity index (χ2v) is 6.85. The van der Waals surface area contributed by atoms with Crippen LogP contribution in [-0.2, 0) is 4.79 Å². The molecule has 1 aromatic carbocycles. The van der Waals surface area contributed by atoms with E-state index in [0.29, 0.717) is 5.92 Å². The van der Waals surface area contributed by atoms with Crippen LogP contribution in [0.25, 0.3) is 0 Å². The van der Waals surface area contributed by atoms with Crippen molar-refractivity contribution in [2.75, 3.05) is 12.4 Å². The van der Waals surface area contributed by atoms with E-state index in [1.165, 1.54) is 19.3 Å². The number of likely N-dealkylation sites (N-methyl/N-ethyl adjacent to an activating group) is 1. The smallest absolute Gasteiger partial charge is 0.246 e. The molecular formula is C16H21BrN2O2. The Bertz CT molecular complexity index is 561. The summed E-state index contributed by atoms with van der Waals surface area (Å²) in [7, 11) is 1.79. The summed E-state index contributed by atoms with van der Waals surface area (Å²) < 4.78 is 7.12. The summed E-state index contributed by atoms with van der Waals surface area (Å²) >= 11 is 3.58. The molecule has 1 amide bonds. The number of nitrogens with one attached hydrogen (secondary N) is 2. The molecule has 5 heteroatoms. The lowest BCUT2D eigenvalue weighted by Crippen LogP contribution is -2.28. The van der Waals surface area contributed by atoms with Crippen molar-refractivity contribution in [3.8, 4) is 5.75 Å². The zero-order valence-corrected chi connectivity index (χ0v) is 14.0. The van der Waals surface area contributed by atoms with Crippen LogP contribution < -0.4 is 15.4 Å². The lowest BCUT2D eigenvalue weighted by Gasteiger charge is -2.29. The van der Waals surface area contributed by atoms with E-state index < -0.39 is 0 Å². The van der Waals surface area contributed by atoms with E-state index in [4.69, 9.17) is 4.74 Å². The molecule has 0 spiro atoms. The SMILES string of the molecule is CNC1C(=O)Nc2cc(OC3CCCCC3C)c(Br)cc21. The molecule has 1 aromatic rings. The van der Waals surface area contributed by atoms with Gasteiger partial charge in [0.2, 0.25) is 5.91 Å². The van der Waals surface area contributed by atoms with Crippen molar-refractivity contribution in [1.29, 1.82) is 0 Å². The lowest BCUT2D eigenvalue weighted by molar-refractivity contribution is -0.117. The van der Waals surface area contributed by atoms with Crippen LogP contribution in [-0.4, -0.2) is 19.1 Å². The van der Waals surface area contributed by atoms with E-state index >= 15 is 0 Å². The zero-order chi connectivity index (χ0) is 15.0. The zero-order valence-electron chi connectivity index (χ0n) is 12.4. The van der Waals surface area contributed by atoms with Gasteiger partial charge in [0.25, 0.3) is 0 Å².